The van der Waals surface area contributed by atoms with Crippen molar-refractivity contribution in [3.8, 4) is 6.07 Å². The number of carboxylic acids is 2. The maximum Gasteiger partial charge on any atom is 0.335 e. The fourth-order valence-electron chi connectivity index (χ4n) is 8.49. The number of rotatable bonds is 3. The molecule has 15 heteroatoms. The number of nitriles is 1. The van der Waals surface area contributed by atoms with E-state index in [1.807, 2.05) is 91.9 Å². The maximum atomic E-state index is 11.0. The molecule has 3 heterocycles. The van der Waals surface area contributed by atoms with Gasteiger partial charge in [-0.15, -0.1) is 51.3 Å². The number of anilines is 2. The van der Waals surface area contributed by atoms with Gasteiger partial charge in [0.15, 0.2) is 11.0 Å². The molecule has 379 valence electrons. The van der Waals surface area contributed by atoms with Crippen LogP contribution in [0.2, 0.25) is 0 Å². The van der Waals surface area contributed by atoms with Gasteiger partial charge in [-0.25, -0.2) is 19.6 Å². The number of aryl methyl sites for hydroxylation is 4. The number of aliphatic imine (C=N–C) groups is 1. The topological polar surface area (TPSA) is 189 Å². The summed E-state index contributed by atoms with van der Waals surface area (Å²) in [6.07, 6.45) is 0. The molecule has 10 aromatic carbocycles. The molecule has 77 heavy (non-hydrogen) atoms. The molecule has 0 amide bonds. The Kier molecular flexibility index (Phi) is 18.2. The van der Waals surface area contributed by atoms with Crippen molar-refractivity contribution in [2.24, 2.45) is 4.99 Å². The van der Waals surface area contributed by atoms with Crippen molar-refractivity contribution in [2.45, 2.75) is 33.7 Å². The van der Waals surface area contributed by atoms with Crippen LogP contribution in [-0.2, 0) is 37.5 Å². The van der Waals surface area contributed by atoms with E-state index in [0.717, 1.165) is 67.9 Å². The molecule has 2 aromatic heterocycles. The SMILES string of the molecule is Cc1ccc2c(Br)c(N)ccc2c1.Cc1ccc2c(ccc3nc(C#N)sc32)c1.Cc1ccc2cc(C(=O)O)ccc2c1.Cc1ccc2cc(N)ccc2c1.O=C(O)C1CSC(c2nc3ccc4c[c-]ccc4c3s2)=N1.[Y]. The molecule has 6 N–H and O–H groups in total. The number of aliphatic carboxylic acids is 1. The molecule has 0 saturated carbocycles. The number of thioether (sulfide) groups is 1. The minimum Gasteiger partial charge on any atom is -0.480 e. The van der Waals surface area contributed by atoms with Crippen LogP contribution in [0.3, 0.4) is 0 Å². The number of aromatic nitrogens is 2. The average molecular weight is 1210 g/mol. The largest absolute Gasteiger partial charge is 0.480 e. The number of halogens is 1. The number of aromatic carboxylic acids is 1. The summed E-state index contributed by atoms with van der Waals surface area (Å²) in [4.78, 5) is 34.8. The number of carboxylic acid groups (broad SMARTS) is 2. The summed E-state index contributed by atoms with van der Waals surface area (Å²) in [6.45, 7) is 8.28. The van der Waals surface area contributed by atoms with Gasteiger partial charge in [-0.3, -0.25) is 4.99 Å². The second kappa shape index (κ2) is 24.9. The Bertz CT molecular complexity index is 4250. The number of nitrogen functional groups attached to an aromatic ring is 2. The quantitative estimate of drug-likeness (QED) is 0.0979. The fraction of sp³-hybridized carbons (Fsp3) is 0.0968. The Morgan fingerprint density at radius 1 is 0.623 bits per heavy atom. The summed E-state index contributed by atoms with van der Waals surface area (Å²) < 4.78 is 3.21. The summed E-state index contributed by atoms with van der Waals surface area (Å²) in [5.41, 5.74) is 20.2. The molecular formula is C62H48BrN6O4S3Y-. The first kappa shape index (κ1) is 56.1. The number of nitrogens with zero attached hydrogens (tertiary/aromatic N) is 4. The van der Waals surface area contributed by atoms with Gasteiger partial charge in [-0.2, -0.15) is 29.5 Å². The van der Waals surface area contributed by atoms with E-state index < -0.39 is 18.0 Å². The van der Waals surface area contributed by atoms with Crippen LogP contribution in [0.1, 0.15) is 42.6 Å². The van der Waals surface area contributed by atoms with E-state index in [-0.39, 0.29) is 32.7 Å². The second-order valence-electron chi connectivity index (χ2n) is 18.1. The molecule has 12 aromatic rings. The van der Waals surface area contributed by atoms with Gasteiger partial charge in [-0.05, 0) is 124 Å². The van der Waals surface area contributed by atoms with E-state index in [9.17, 15) is 9.59 Å². The monoisotopic (exact) mass is 1200 g/mol. The first-order chi connectivity index (χ1) is 36.6. The van der Waals surface area contributed by atoms with E-state index in [2.05, 4.69) is 131 Å². The fourth-order valence-corrected chi connectivity index (χ4v) is 12.1. The summed E-state index contributed by atoms with van der Waals surface area (Å²) in [5, 5.41) is 40.3. The predicted molar refractivity (Wildman–Crippen MR) is 322 cm³/mol. The van der Waals surface area contributed by atoms with Gasteiger partial charge in [0.25, 0.3) is 0 Å². The van der Waals surface area contributed by atoms with Crippen LogP contribution < -0.4 is 11.5 Å². The Hall–Kier alpha value is -7.09. The van der Waals surface area contributed by atoms with E-state index in [1.165, 1.54) is 77.7 Å². The molecule has 0 spiro atoms. The minimum absolute atomic E-state index is 0. The smallest absolute Gasteiger partial charge is 0.335 e. The zero-order valence-electron chi connectivity index (χ0n) is 42.2. The Morgan fingerprint density at radius 3 is 1.79 bits per heavy atom. The normalized spacial score (nSPS) is 12.5. The van der Waals surface area contributed by atoms with Crippen molar-refractivity contribution >= 4 is 153 Å². The predicted octanol–water partition coefficient (Wildman–Crippen LogP) is 15.9. The van der Waals surface area contributed by atoms with Crippen molar-refractivity contribution < 1.29 is 52.5 Å². The summed E-state index contributed by atoms with van der Waals surface area (Å²) in [5.74, 6) is -1.27. The van der Waals surface area contributed by atoms with Gasteiger partial charge >= 0.3 is 11.9 Å². The number of thiazole rings is 2. The van der Waals surface area contributed by atoms with Crippen molar-refractivity contribution in [3.63, 3.8) is 0 Å². The molecular weight excluding hydrogens is 1160 g/mol. The Balaban J connectivity index is 0.000000129. The number of nitrogens with two attached hydrogens (primary N) is 2. The number of carbonyl (C=O) groups is 2. The zero-order valence-corrected chi connectivity index (χ0v) is 49.1. The van der Waals surface area contributed by atoms with Crippen LogP contribution in [0, 0.1) is 45.1 Å². The molecule has 0 fully saturated rings. The van der Waals surface area contributed by atoms with Crippen molar-refractivity contribution in [1.29, 1.82) is 5.26 Å². The molecule has 0 saturated heterocycles. The molecule has 1 aliphatic rings. The van der Waals surface area contributed by atoms with Crippen molar-refractivity contribution in [1.82, 2.24) is 9.97 Å². The van der Waals surface area contributed by atoms with Crippen molar-refractivity contribution in [2.75, 3.05) is 17.2 Å². The van der Waals surface area contributed by atoms with Gasteiger partial charge in [-0.1, -0.05) is 119 Å². The van der Waals surface area contributed by atoms with Crippen LogP contribution in [-0.4, -0.2) is 49.0 Å². The maximum absolute atomic E-state index is 11.0. The number of hydrogen-bond acceptors (Lipinski definition) is 11. The van der Waals surface area contributed by atoms with Crippen LogP contribution in [0.25, 0.3) is 74.3 Å². The van der Waals surface area contributed by atoms with Gasteiger partial charge in [0.2, 0.25) is 0 Å². The first-order valence-corrected chi connectivity index (χ1v) is 27.3. The molecule has 0 aliphatic carbocycles. The average Bonchev–Trinajstić information content (AvgIpc) is 4.21. The van der Waals surface area contributed by atoms with Crippen LogP contribution in [0.15, 0.2) is 173 Å². The van der Waals surface area contributed by atoms with Gasteiger partial charge in [0.1, 0.15) is 16.1 Å². The van der Waals surface area contributed by atoms with Crippen LogP contribution >= 0.6 is 50.4 Å². The minimum atomic E-state index is -0.882. The number of benzene rings is 10. The molecule has 0 bridgehead atoms. The zero-order chi connectivity index (χ0) is 53.6. The molecule has 1 aliphatic heterocycles. The Labute approximate surface area is 490 Å². The third-order valence-corrected chi connectivity index (χ3v) is 16.5. The Morgan fingerprint density at radius 2 is 1.14 bits per heavy atom. The van der Waals surface area contributed by atoms with Crippen LogP contribution in [0.5, 0.6) is 0 Å². The summed E-state index contributed by atoms with van der Waals surface area (Å²) in [6, 6.07) is 58.6. The van der Waals surface area contributed by atoms with Gasteiger partial charge in [0, 0.05) is 64.4 Å². The van der Waals surface area contributed by atoms with E-state index in [4.69, 9.17) is 26.9 Å². The van der Waals surface area contributed by atoms with E-state index in [0.29, 0.717) is 16.3 Å². The summed E-state index contributed by atoms with van der Waals surface area (Å²) in [7, 11) is 0. The summed E-state index contributed by atoms with van der Waals surface area (Å²) >= 11 is 7.97. The third-order valence-electron chi connectivity index (χ3n) is 12.4. The molecule has 1 unspecified atom stereocenters. The molecule has 1 radical (unpaired) electrons. The van der Waals surface area contributed by atoms with Gasteiger partial charge < -0.3 is 21.7 Å². The molecule has 1 atom stereocenters. The molecule has 13 rings (SSSR count). The van der Waals surface area contributed by atoms with Crippen LogP contribution in [0.4, 0.5) is 11.4 Å². The van der Waals surface area contributed by atoms with Crippen molar-refractivity contribution in [3.05, 3.63) is 212 Å². The number of fused-ring (bicyclic) bond motifs is 9. The van der Waals surface area contributed by atoms with E-state index >= 15 is 0 Å². The van der Waals surface area contributed by atoms with Gasteiger partial charge in [0.05, 0.1) is 21.3 Å². The van der Waals surface area contributed by atoms with E-state index in [1.54, 1.807) is 23.5 Å². The molecule has 10 nitrogen and oxygen atoms in total. The third kappa shape index (κ3) is 13.4. The first-order valence-electron chi connectivity index (χ1n) is 23.9. The second-order valence-corrected chi connectivity index (χ2v) is 21.9. The number of hydrogen-bond donors (Lipinski definition) is 4. The standard InChI is InChI=1S/C15H9N2O2S2.C13H8N2S.C12H10O2.C11H10BrN.C11H11N.Y/c18-15(19)11-7-20-13(17-11)14-16-10-6-5-8-3-1-2-4-9(8)12(10)21-14;1-8-2-4-10-9(6-8)3-5-11-13(10)16-12(7-14)15-11;1-8-2-3-10-7-11(12(13)14)5-4-9(10)6-8;1-7-2-4-9-8(6-7)3-5-10(13)11(9)12;1-8-2-3-10-7-11(12)5-4-9(10)6-8;/h2-6,11H,7H2,(H,18,19);2-6H,1H3;2-7H,1H3,(H,13,14);2-6H,13H2,1H3;2-7H,12H2,1H3;/q-1;;;;;.